The SMILES string of the molecule is CC(C)CN(C(=O)c1cnc(C(C)(C)C)nc1NCc1ccco1)[C@@H]1CNC[C@@H](c2ncon2)C1. The zero-order valence-corrected chi connectivity index (χ0v) is 21.1. The van der Waals surface area contributed by atoms with E-state index in [1.165, 1.54) is 6.39 Å². The first-order chi connectivity index (χ1) is 16.7. The van der Waals surface area contributed by atoms with Crippen molar-refractivity contribution in [2.24, 2.45) is 5.92 Å². The Morgan fingerprint density at radius 1 is 1.29 bits per heavy atom. The summed E-state index contributed by atoms with van der Waals surface area (Å²) in [4.78, 5) is 29.5. The van der Waals surface area contributed by atoms with Crippen LogP contribution in [0.2, 0.25) is 0 Å². The van der Waals surface area contributed by atoms with Gasteiger partial charge in [-0.05, 0) is 24.5 Å². The molecule has 3 aromatic heterocycles. The van der Waals surface area contributed by atoms with Crippen molar-refractivity contribution in [2.45, 2.75) is 65.0 Å². The highest BCUT2D eigenvalue weighted by Crippen LogP contribution is 2.28. The molecule has 0 saturated carbocycles. The number of hydrogen-bond donors (Lipinski definition) is 2. The first-order valence-electron chi connectivity index (χ1n) is 12.1. The first kappa shape index (κ1) is 24.8. The van der Waals surface area contributed by atoms with Gasteiger partial charge in [-0.25, -0.2) is 9.97 Å². The quantitative estimate of drug-likeness (QED) is 0.497. The van der Waals surface area contributed by atoms with Gasteiger partial charge in [0.15, 0.2) is 5.82 Å². The number of rotatable bonds is 8. The van der Waals surface area contributed by atoms with Crippen molar-refractivity contribution in [3.05, 3.63) is 54.0 Å². The van der Waals surface area contributed by atoms with Crippen LogP contribution >= 0.6 is 0 Å². The third-order valence-electron chi connectivity index (χ3n) is 6.03. The third kappa shape index (κ3) is 6.05. The molecule has 3 aromatic rings. The highest BCUT2D eigenvalue weighted by atomic mass is 16.5. The van der Waals surface area contributed by atoms with Gasteiger partial charge in [0.25, 0.3) is 5.91 Å². The molecule has 1 saturated heterocycles. The van der Waals surface area contributed by atoms with E-state index < -0.39 is 0 Å². The maximum Gasteiger partial charge on any atom is 0.259 e. The van der Waals surface area contributed by atoms with Crippen LogP contribution in [0.15, 0.2) is 39.9 Å². The van der Waals surface area contributed by atoms with Crippen LogP contribution < -0.4 is 10.6 Å². The number of nitrogens with one attached hydrogen (secondary N) is 2. The fraction of sp³-hybridized carbons (Fsp3) is 0.560. The predicted octanol–water partition coefficient (Wildman–Crippen LogP) is 3.61. The average molecular weight is 482 g/mol. The number of carbonyl (C=O) groups excluding carboxylic acids is 1. The molecule has 4 rings (SSSR count). The number of carbonyl (C=O) groups is 1. The summed E-state index contributed by atoms with van der Waals surface area (Å²) in [6.07, 6.45) is 5.38. The van der Waals surface area contributed by atoms with Gasteiger partial charge >= 0.3 is 0 Å². The molecule has 188 valence electrons. The Kier molecular flexibility index (Phi) is 7.49. The Labute approximate surface area is 205 Å². The maximum absolute atomic E-state index is 14.0. The van der Waals surface area contributed by atoms with Crippen LogP contribution in [0.3, 0.4) is 0 Å². The van der Waals surface area contributed by atoms with Gasteiger partial charge in [0, 0.05) is 43.2 Å². The lowest BCUT2D eigenvalue weighted by molar-refractivity contribution is 0.0607. The highest BCUT2D eigenvalue weighted by molar-refractivity contribution is 5.98. The van der Waals surface area contributed by atoms with E-state index in [4.69, 9.17) is 13.9 Å². The van der Waals surface area contributed by atoms with Crippen molar-refractivity contribution in [2.75, 3.05) is 25.0 Å². The zero-order chi connectivity index (χ0) is 25.0. The lowest BCUT2D eigenvalue weighted by atomic mass is 9.93. The Balaban J connectivity index is 1.63. The predicted molar refractivity (Wildman–Crippen MR) is 131 cm³/mol. The van der Waals surface area contributed by atoms with Gasteiger partial charge in [0.2, 0.25) is 6.39 Å². The molecule has 10 heteroatoms. The molecule has 4 heterocycles. The molecule has 1 aliphatic heterocycles. The summed E-state index contributed by atoms with van der Waals surface area (Å²) < 4.78 is 10.4. The summed E-state index contributed by atoms with van der Waals surface area (Å²) in [5.41, 5.74) is 0.192. The van der Waals surface area contributed by atoms with Gasteiger partial charge in [-0.1, -0.05) is 39.8 Å². The molecule has 0 unspecified atom stereocenters. The van der Waals surface area contributed by atoms with Crippen molar-refractivity contribution in [1.29, 1.82) is 0 Å². The minimum absolute atomic E-state index is 0.0256. The van der Waals surface area contributed by atoms with Crippen molar-refractivity contribution in [3.8, 4) is 0 Å². The van der Waals surface area contributed by atoms with Crippen LogP contribution in [-0.2, 0) is 12.0 Å². The van der Waals surface area contributed by atoms with Crippen molar-refractivity contribution >= 4 is 11.7 Å². The summed E-state index contributed by atoms with van der Waals surface area (Å²) in [5.74, 6) is 2.88. The average Bonchev–Trinajstić information content (AvgIpc) is 3.54. The second-order valence-corrected chi connectivity index (χ2v) is 10.5. The largest absolute Gasteiger partial charge is 0.467 e. The van der Waals surface area contributed by atoms with Crippen LogP contribution in [0.1, 0.15) is 74.7 Å². The Morgan fingerprint density at radius 3 is 2.77 bits per heavy atom. The van der Waals surface area contributed by atoms with Crippen molar-refractivity contribution < 1.29 is 13.7 Å². The summed E-state index contributed by atoms with van der Waals surface area (Å²) in [5, 5.41) is 10.8. The third-order valence-corrected chi connectivity index (χ3v) is 6.03. The van der Waals surface area contributed by atoms with Gasteiger partial charge in [0.05, 0.1) is 12.8 Å². The molecule has 1 fully saturated rings. The standard InChI is InChI=1S/C25H35N7O3/c1-16(2)14-32(18-9-17(10-26-11-18)21-29-15-35-31-21)23(33)20-13-28-24(25(3,4)5)30-22(20)27-12-19-7-6-8-34-19/h6-8,13,15-18,26H,9-12,14H2,1-5H3,(H,27,28,30)/t17-,18-/m0/s1. The van der Waals surface area contributed by atoms with Crippen molar-refractivity contribution in [3.63, 3.8) is 0 Å². The number of hydrogen-bond acceptors (Lipinski definition) is 9. The summed E-state index contributed by atoms with van der Waals surface area (Å²) in [7, 11) is 0. The zero-order valence-electron chi connectivity index (χ0n) is 21.1. The molecule has 0 aromatic carbocycles. The smallest absolute Gasteiger partial charge is 0.259 e. The molecular formula is C25H35N7O3. The summed E-state index contributed by atoms with van der Waals surface area (Å²) >= 11 is 0. The number of amides is 1. The van der Waals surface area contributed by atoms with E-state index >= 15 is 0 Å². The summed E-state index contributed by atoms with van der Waals surface area (Å²) in [6, 6.07) is 3.70. The van der Waals surface area contributed by atoms with Crippen LogP contribution in [0.5, 0.6) is 0 Å². The number of piperidine rings is 1. The number of furan rings is 1. The molecule has 35 heavy (non-hydrogen) atoms. The van der Waals surface area contributed by atoms with E-state index in [1.54, 1.807) is 12.5 Å². The van der Waals surface area contributed by atoms with E-state index in [9.17, 15) is 4.79 Å². The lowest BCUT2D eigenvalue weighted by Crippen LogP contribution is -2.52. The molecular weight excluding hydrogens is 446 g/mol. The fourth-order valence-electron chi connectivity index (χ4n) is 4.28. The molecule has 0 spiro atoms. The molecule has 1 amide bonds. The molecule has 10 nitrogen and oxygen atoms in total. The van der Waals surface area contributed by atoms with E-state index in [2.05, 4.69) is 60.4 Å². The van der Waals surface area contributed by atoms with Gasteiger partial charge in [0.1, 0.15) is 23.0 Å². The molecule has 1 aliphatic rings. The van der Waals surface area contributed by atoms with Crippen LogP contribution in [-0.4, -0.2) is 56.6 Å². The Bertz CT molecular complexity index is 1090. The molecule has 0 aliphatic carbocycles. The van der Waals surface area contributed by atoms with Gasteiger partial charge < -0.3 is 24.5 Å². The van der Waals surface area contributed by atoms with E-state index in [1.807, 2.05) is 17.0 Å². The van der Waals surface area contributed by atoms with Crippen LogP contribution in [0, 0.1) is 5.92 Å². The highest BCUT2D eigenvalue weighted by Gasteiger charge is 2.34. The minimum Gasteiger partial charge on any atom is -0.467 e. The lowest BCUT2D eigenvalue weighted by Gasteiger charge is -2.38. The number of nitrogens with zero attached hydrogens (tertiary/aromatic N) is 5. The van der Waals surface area contributed by atoms with E-state index in [0.29, 0.717) is 48.6 Å². The molecule has 0 bridgehead atoms. The molecule has 0 radical (unpaired) electrons. The molecule has 2 atom stereocenters. The summed E-state index contributed by atoms with van der Waals surface area (Å²) in [6.45, 7) is 12.9. The van der Waals surface area contributed by atoms with Gasteiger partial charge in [-0.15, -0.1) is 0 Å². The van der Waals surface area contributed by atoms with Crippen LogP contribution in [0.4, 0.5) is 5.82 Å². The van der Waals surface area contributed by atoms with Gasteiger partial charge in [-0.3, -0.25) is 4.79 Å². The minimum atomic E-state index is -0.259. The monoisotopic (exact) mass is 481 g/mol. The van der Waals surface area contributed by atoms with Crippen LogP contribution in [0.25, 0.3) is 0 Å². The maximum atomic E-state index is 14.0. The van der Waals surface area contributed by atoms with E-state index in [0.717, 1.165) is 18.7 Å². The Hall–Kier alpha value is -3.27. The van der Waals surface area contributed by atoms with Crippen molar-refractivity contribution in [1.82, 2.24) is 30.3 Å². The van der Waals surface area contributed by atoms with E-state index in [-0.39, 0.29) is 23.3 Å². The Morgan fingerprint density at radius 2 is 2.11 bits per heavy atom. The second kappa shape index (κ2) is 10.6. The fourth-order valence-corrected chi connectivity index (χ4v) is 4.28. The normalized spacial score (nSPS) is 18.6. The number of anilines is 1. The topological polar surface area (TPSA) is 122 Å². The first-order valence-corrected chi connectivity index (χ1v) is 12.1. The molecule has 2 N–H and O–H groups in total. The number of aromatic nitrogens is 4. The second-order valence-electron chi connectivity index (χ2n) is 10.5. The van der Waals surface area contributed by atoms with Gasteiger partial charge in [-0.2, -0.15) is 4.98 Å².